The van der Waals surface area contributed by atoms with Gasteiger partial charge >= 0.3 is 0 Å². The molecule has 0 saturated carbocycles. The van der Waals surface area contributed by atoms with Gasteiger partial charge in [-0.3, -0.25) is 4.90 Å². The Morgan fingerprint density at radius 3 is 2.42 bits per heavy atom. The van der Waals surface area contributed by atoms with Crippen molar-refractivity contribution in [3.8, 4) is 0 Å². The van der Waals surface area contributed by atoms with E-state index in [1.807, 2.05) is 11.8 Å². The topological polar surface area (TPSA) is 29.3 Å². The van der Waals surface area contributed by atoms with Crippen molar-refractivity contribution >= 4 is 11.8 Å². The minimum atomic E-state index is -2.71. The van der Waals surface area contributed by atoms with Crippen molar-refractivity contribution in [1.82, 2.24) is 4.90 Å². The van der Waals surface area contributed by atoms with Crippen LogP contribution in [0.4, 0.5) is 8.78 Å². The Kier molecular flexibility index (Phi) is 3.74. The number of alkyl halides is 2. The molecule has 1 rings (SSSR count). The Bertz CT molecular complexity index is 137. The van der Waals surface area contributed by atoms with Crippen molar-refractivity contribution < 1.29 is 8.78 Å². The number of halogens is 2. The van der Waals surface area contributed by atoms with Gasteiger partial charge in [-0.25, -0.2) is 8.78 Å². The minimum absolute atomic E-state index is 0.177. The second-order valence-electron chi connectivity index (χ2n) is 2.95. The zero-order valence-corrected chi connectivity index (χ0v) is 7.75. The normalized spacial score (nSPS) is 21.2. The highest BCUT2D eigenvalue weighted by Crippen LogP contribution is 2.16. The van der Waals surface area contributed by atoms with Crippen molar-refractivity contribution in [3.63, 3.8) is 0 Å². The van der Waals surface area contributed by atoms with Crippen molar-refractivity contribution in [1.29, 1.82) is 0 Å². The molecule has 1 fully saturated rings. The molecule has 1 saturated heterocycles. The minimum Gasteiger partial charge on any atom is -0.325 e. The van der Waals surface area contributed by atoms with Crippen LogP contribution in [0.25, 0.3) is 0 Å². The molecular weight excluding hydrogens is 182 g/mol. The second kappa shape index (κ2) is 4.39. The van der Waals surface area contributed by atoms with Gasteiger partial charge in [0.15, 0.2) is 0 Å². The number of rotatable bonds is 3. The van der Waals surface area contributed by atoms with Crippen LogP contribution in [0, 0.1) is 0 Å². The standard InChI is InChI=1S/C7H14F2N2S/c8-7(9,5-10)6-11-1-3-12-4-2-11/h1-6,10H2. The van der Waals surface area contributed by atoms with Crippen molar-refractivity contribution in [2.24, 2.45) is 5.73 Å². The average Bonchev–Trinajstić information content (AvgIpc) is 2.06. The summed E-state index contributed by atoms with van der Waals surface area (Å²) >= 11 is 1.81. The average molecular weight is 196 g/mol. The van der Waals surface area contributed by atoms with Crippen LogP contribution in [0.1, 0.15) is 0 Å². The Morgan fingerprint density at radius 2 is 1.92 bits per heavy atom. The van der Waals surface area contributed by atoms with Crippen LogP contribution in [-0.2, 0) is 0 Å². The van der Waals surface area contributed by atoms with Gasteiger partial charge in [-0.05, 0) is 0 Å². The zero-order valence-electron chi connectivity index (χ0n) is 6.93. The number of nitrogens with two attached hydrogens (primary N) is 1. The third-order valence-electron chi connectivity index (χ3n) is 1.86. The van der Waals surface area contributed by atoms with Crippen LogP contribution in [-0.4, -0.2) is 48.5 Å². The van der Waals surface area contributed by atoms with Gasteiger partial charge in [0.25, 0.3) is 5.92 Å². The molecule has 0 unspecified atom stereocenters. The summed E-state index contributed by atoms with van der Waals surface area (Å²) in [6.45, 7) is 0.807. The van der Waals surface area contributed by atoms with E-state index < -0.39 is 12.5 Å². The van der Waals surface area contributed by atoms with Crippen LogP contribution >= 0.6 is 11.8 Å². The summed E-state index contributed by atoms with van der Waals surface area (Å²) in [7, 11) is 0. The van der Waals surface area contributed by atoms with Crippen molar-refractivity contribution in [3.05, 3.63) is 0 Å². The highest BCUT2D eigenvalue weighted by atomic mass is 32.2. The lowest BCUT2D eigenvalue weighted by Crippen LogP contribution is -2.44. The van der Waals surface area contributed by atoms with E-state index in [-0.39, 0.29) is 6.54 Å². The molecule has 0 radical (unpaired) electrons. The third kappa shape index (κ3) is 3.25. The summed E-state index contributed by atoms with van der Waals surface area (Å²) in [6, 6.07) is 0. The summed E-state index contributed by atoms with van der Waals surface area (Å²) in [6.07, 6.45) is 0. The van der Waals surface area contributed by atoms with Crippen LogP contribution in [0.15, 0.2) is 0 Å². The van der Waals surface area contributed by atoms with E-state index in [1.165, 1.54) is 0 Å². The monoisotopic (exact) mass is 196 g/mol. The van der Waals surface area contributed by atoms with E-state index in [2.05, 4.69) is 0 Å². The zero-order chi connectivity index (χ0) is 9.03. The van der Waals surface area contributed by atoms with Gasteiger partial charge in [-0.2, -0.15) is 11.8 Å². The van der Waals surface area contributed by atoms with Crippen LogP contribution in [0.5, 0.6) is 0 Å². The number of thioether (sulfide) groups is 1. The lowest BCUT2D eigenvalue weighted by molar-refractivity contribution is -0.0212. The molecule has 0 spiro atoms. The predicted octanol–water partition coefficient (Wildman–Crippen LogP) is 0.629. The van der Waals surface area contributed by atoms with Crippen molar-refractivity contribution in [2.45, 2.75) is 5.92 Å². The Morgan fingerprint density at radius 1 is 1.33 bits per heavy atom. The van der Waals surface area contributed by atoms with E-state index in [4.69, 9.17) is 5.73 Å². The number of hydrogen-bond donors (Lipinski definition) is 1. The van der Waals surface area contributed by atoms with Gasteiger partial charge in [0, 0.05) is 24.6 Å². The molecule has 12 heavy (non-hydrogen) atoms. The van der Waals surface area contributed by atoms with Crippen LogP contribution < -0.4 is 5.73 Å². The molecule has 0 aromatic heterocycles. The van der Waals surface area contributed by atoms with Gasteiger partial charge in [0.2, 0.25) is 0 Å². The smallest absolute Gasteiger partial charge is 0.272 e. The van der Waals surface area contributed by atoms with Gasteiger partial charge < -0.3 is 5.73 Å². The quantitative estimate of drug-likeness (QED) is 0.718. The van der Waals surface area contributed by atoms with E-state index >= 15 is 0 Å². The van der Waals surface area contributed by atoms with E-state index in [0.717, 1.165) is 24.6 Å². The first-order chi connectivity index (χ1) is 5.64. The Labute approximate surface area is 75.5 Å². The molecule has 1 aliphatic rings. The second-order valence-corrected chi connectivity index (χ2v) is 4.17. The Balaban J connectivity index is 2.28. The summed E-state index contributed by atoms with van der Waals surface area (Å²) in [5, 5.41) is 0. The summed E-state index contributed by atoms with van der Waals surface area (Å²) in [4.78, 5) is 1.78. The fourth-order valence-electron chi connectivity index (χ4n) is 1.15. The fraction of sp³-hybridized carbons (Fsp3) is 1.00. The van der Waals surface area contributed by atoms with E-state index in [0.29, 0.717) is 0 Å². The first-order valence-corrected chi connectivity index (χ1v) is 5.17. The lowest BCUT2D eigenvalue weighted by Gasteiger charge is -2.29. The lowest BCUT2D eigenvalue weighted by atomic mass is 10.3. The maximum atomic E-state index is 12.8. The van der Waals surface area contributed by atoms with Gasteiger partial charge in [-0.1, -0.05) is 0 Å². The molecule has 1 aliphatic heterocycles. The largest absolute Gasteiger partial charge is 0.325 e. The van der Waals surface area contributed by atoms with Crippen LogP contribution in [0.3, 0.4) is 0 Å². The summed E-state index contributed by atoms with van der Waals surface area (Å²) < 4.78 is 25.5. The maximum absolute atomic E-state index is 12.8. The molecular formula is C7H14F2N2S. The summed E-state index contributed by atoms with van der Waals surface area (Å²) in [5.74, 6) is -0.788. The molecule has 0 aliphatic carbocycles. The number of nitrogens with zero attached hydrogens (tertiary/aromatic N) is 1. The van der Waals surface area contributed by atoms with Gasteiger partial charge in [-0.15, -0.1) is 0 Å². The van der Waals surface area contributed by atoms with Gasteiger partial charge in [0.05, 0.1) is 13.1 Å². The third-order valence-corrected chi connectivity index (χ3v) is 2.80. The fourth-order valence-corrected chi connectivity index (χ4v) is 2.13. The van der Waals surface area contributed by atoms with E-state index in [9.17, 15) is 8.78 Å². The highest BCUT2D eigenvalue weighted by Gasteiger charge is 2.30. The van der Waals surface area contributed by atoms with Crippen LogP contribution in [0.2, 0.25) is 0 Å². The first-order valence-electron chi connectivity index (χ1n) is 4.02. The molecule has 2 nitrogen and oxygen atoms in total. The molecule has 0 bridgehead atoms. The highest BCUT2D eigenvalue weighted by molar-refractivity contribution is 7.99. The summed E-state index contributed by atoms with van der Waals surface area (Å²) in [5.41, 5.74) is 4.94. The van der Waals surface area contributed by atoms with Gasteiger partial charge in [0.1, 0.15) is 0 Å². The predicted molar refractivity (Wildman–Crippen MR) is 47.8 cm³/mol. The maximum Gasteiger partial charge on any atom is 0.272 e. The SMILES string of the molecule is NCC(F)(F)CN1CCSCC1. The first kappa shape index (κ1) is 10.2. The molecule has 5 heteroatoms. The van der Waals surface area contributed by atoms with E-state index in [1.54, 1.807) is 4.90 Å². The molecule has 0 aromatic carbocycles. The number of hydrogen-bond acceptors (Lipinski definition) is 3. The molecule has 0 aromatic rings. The Hall–Kier alpha value is 0.130. The molecule has 0 amide bonds. The molecule has 1 heterocycles. The van der Waals surface area contributed by atoms with Crippen molar-refractivity contribution in [2.75, 3.05) is 37.7 Å². The molecule has 0 atom stereocenters. The molecule has 2 N–H and O–H groups in total. The molecule has 72 valence electrons.